The molecule has 0 aliphatic carbocycles. The molecule has 2 aliphatic heterocycles. The van der Waals surface area contributed by atoms with E-state index in [0.29, 0.717) is 10.2 Å². The van der Waals surface area contributed by atoms with Crippen LogP contribution in [0.4, 0.5) is 5.69 Å². The number of benzene rings is 1. The number of nitrogens with zero attached hydrogens (tertiary/aromatic N) is 2. The number of hydrogen-bond acceptors (Lipinski definition) is 5. The lowest BCUT2D eigenvalue weighted by atomic mass is 10.2. The summed E-state index contributed by atoms with van der Waals surface area (Å²) in [5.74, 6) is -0.254. The Hall–Kier alpha value is -1.09. The molecular weight excluding hydrogens is 360 g/mol. The molecule has 0 spiro atoms. The molecule has 1 aromatic rings. The van der Waals surface area contributed by atoms with Gasteiger partial charge in [0.25, 0.3) is 5.91 Å². The van der Waals surface area contributed by atoms with E-state index in [1.807, 2.05) is 6.07 Å². The van der Waals surface area contributed by atoms with Gasteiger partial charge in [0.15, 0.2) is 15.0 Å². The Kier molecular flexibility index (Phi) is 4.68. The molecular formula is C14H15ClN2O4S2. The molecule has 3 rings (SSSR count). The SMILES string of the molecule is COCC(=O)N=C1S[C@@H]2CS(=O)(=O)C[C@@H]2N1c1cccc(Cl)c1. The fourth-order valence-corrected chi connectivity index (χ4v) is 6.87. The van der Waals surface area contributed by atoms with Crippen molar-refractivity contribution in [2.45, 2.75) is 11.3 Å². The Morgan fingerprint density at radius 2 is 2.26 bits per heavy atom. The Bertz CT molecular complexity index is 766. The maximum atomic E-state index is 11.9. The summed E-state index contributed by atoms with van der Waals surface area (Å²) in [4.78, 5) is 17.7. The minimum atomic E-state index is -3.08. The van der Waals surface area contributed by atoms with E-state index in [4.69, 9.17) is 16.3 Å². The van der Waals surface area contributed by atoms with Crippen LogP contribution in [0, 0.1) is 0 Å². The topological polar surface area (TPSA) is 76.0 Å². The van der Waals surface area contributed by atoms with E-state index < -0.39 is 15.7 Å². The molecule has 23 heavy (non-hydrogen) atoms. The van der Waals surface area contributed by atoms with Crippen molar-refractivity contribution in [3.05, 3.63) is 29.3 Å². The molecule has 0 unspecified atom stereocenters. The Labute approximate surface area is 143 Å². The first-order valence-electron chi connectivity index (χ1n) is 6.92. The molecule has 2 aliphatic rings. The van der Waals surface area contributed by atoms with Gasteiger partial charge in [-0.1, -0.05) is 29.4 Å². The van der Waals surface area contributed by atoms with Crippen LogP contribution >= 0.6 is 23.4 Å². The maximum Gasteiger partial charge on any atom is 0.274 e. The predicted molar refractivity (Wildman–Crippen MR) is 92.1 cm³/mol. The van der Waals surface area contributed by atoms with Crippen LogP contribution in [0.3, 0.4) is 0 Å². The quantitative estimate of drug-likeness (QED) is 0.799. The first kappa shape index (κ1) is 16.8. The van der Waals surface area contributed by atoms with Gasteiger partial charge in [-0.05, 0) is 18.2 Å². The van der Waals surface area contributed by atoms with Crippen molar-refractivity contribution in [3.8, 4) is 0 Å². The lowest BCUT2D eigenvalue weighted by molar-refractivity contribution is -0.121. The summed E-state index contributed by atoms with van der Waals surface area (Å²) >= 11 is 7.37. The number of amidine groups is 1. The summed E-state index contributed by atoms with van der Waals surface area (Å²) in [5.41, 5.74) is 0.735. The zero-order chi connectivity index (χ0) is 16.6. The first-order valence-corrected chi connectivity index (χ1v) is 10.00. The van der Waals surface area contributed by atoms with E-state index in [9.17, 15) is 13.2 Å². The molecule has 0 radical (unpaired) electrons. The molecule has 0 saturated carbocycles. The molecule has 2 saturated heterocycles. The average Bonchev–Trinajstić information content (AvgIpc) is 2.89. The van der Waals surface area contributed by atoms with E-state index >= 15 is 0 Å². The average molecular weight is 375 g/mol. The third kappa shape index (κ3) is 3.55. The van der Waals surface area contributed by atoms with Gasteiger partial charge in [-0.2, -0.15) is 4.99 Å². The molecule has 2 heterocycles. The molecule has 2 fully saturated rings. The normalized spacial score (nSPS) is 27.4. The van der Waals surface area contributed by atoms with Gasteiger partial charge in [0.2, 0.25) is 0 Å². The maximum absolute atomic E-state index is 11.9. The number of anilines is 1. The van der Waals surface area contributed by atoms with Crippen molar-refractivity contribution >= 4 is 50.0 Å². The largest absolute Gasteiger partial charge is 0.375 e. The van der Waals surface area contributed by atoms with Crippen LogP contribution in [0.1, 0.15) is 0 Å². The smallest absolute Gasteiger partial charge is 0.274 e. The molecule has 1 amide bonds. The van der Waals surface area contributed by atoms with Gasteiger partial charge in [-0.3, -0.25) is 4.79 Å². The van der Waals surface area contributed by atoms with Gasteiger partial charge in [-0.25, -0.2) is 8.42 Å². The van der Waals surface area contributed by atoms with Gasteiger partial charge in [-0.15, -0.1) is 0 Å². The van der Waals surface area contributed by atoms with Crippen molar-refractivity contribution in [2.24, 2.45) is 4.99 Å². The number of sulfone groups is 1. The summed E-state index contributed by atoms with van der Waals surface area (Å²) in [6.45, 7) is -0.110. The van der Waals surface area contributed by atoms with Crippen LogP contribution in [0.15, 0.2) is 29.3 Å². The highest BCUT2D eigenvalue weighted by Gasteiger charge is 2.49. The fraction of sp³-hybridized carbons (Fsp3) is 0.429. The van der Waals surface area contributed by atoms with Crippen LogP contribution in [-0.4, -0.2) is 56.0 Å². The van der Waals surface area contributed by atoms with Crippen LogP contribution in [0.2, 0.25) is 5.02 Å². The lowest BCUT2D eigenvalue weighted by Gasteiger charge is -2.24. The number of thioether (sulfide) groups is 1. The van der Waals surface area contributed by atoms with E-state index in [1.165, 1.54) is 18.9 Å². The lowest BCUT2D eigenvalue weighted by Crippen LogP contribution is -2.37. The first-order chi connectivity index (χ1) is 10.9. The molecule has 1 aromatic carbocycles. The number of methoxy groups -OCH3 is 1. The molecule has 0 aromatic heterocycles. The summed E-state index contributed by atoms with van der Waals surface area (Å²) < 4.78 is 28.7. The zero-order valence-corrected chi connectivity index (χ0v) is 14.7. The van der Waals surface area contributed by atoms with Crippen molar-refractivity contribution < 1.29 is 17.9 Å². The number of hydrogen-bond donors (Lipinski definition) is 0. The second kappa shape index (κ2) is 6.43. The second-order valence-electron chi connectivity index (χ2n) is 5.37. The van der Waals surface area contributed by atoms with Gasteiger partial charge in [0, 0.05) is 23.1 Å². The summed E-state index contributed by atoms with van der Waals surface area (Å²) in [5, 5.41) is 0.909. The Morgan fingerprint density at radius 3 is 2.96 bits per heavy atom. The molecule has 124 valence electrons. The third-order valence-electron chi connectivity index (χ3n) is 3.64. The number of halogens is 1. The summed E-state index contributed by atoms with van der Waals surface area (Å²) in [6.07, 6.45) is 0. The zero-order valence-electron chi connectivity index (χ0n) is 12.3. The number of carbonyl (C=O) groups excluding carboxylic acids is 1. The van der Waals surface area contributed by atoms with E-state index in [1.54, 1.807) is 23.1 Å². The Morgan fingerprint density at radius 1 is 1.48 bits per heavy atom. The summed E-state index contributed by atoms with van der Waals surface area (Å²) in [7, 11) is -1.65. The predicted octanol–water partition coefficient (Wildman–Crippen LogP) is 1.59. The van der Waals surface area contributed by atoms with Crippen molar-refractivity contribution in [2.75, 3.05) is 30.1 Å². The highest BCUT2D eigenvalue weighted by molar-refractivity contribution is 8.16. The molecule has 9 heteroatoms. The van der Waals surface area contributed by atoms with Crippen molar-refractivity contribution in [1.29, 1.82) is 0 Å². The second-order valence-corrected chi connectivity index (χ2v) is 9.17. The number of amides is 1. The number of rotatable bonds is 3. The molecule has 0 bridgehead atoms. The highest BCUT2D eigenvalue weighted by atomic mass is 35.5. The van der Waals surface area contributed by atoms with Gasteiger partial charge in [0.1, 0.15) is 6.61 Å². The minimum absolute atomic E-state index is 0.0503. The van der Waals surface area contributed by atoms with E-state index in [2.05, 4.69) is 4.99 Å². The summed E-state index contributed by atoms with van der Waals surface area (Å²) in [6, 6.07) is 6.86. The number of fused-ring (bicyclic) bond motifs is 1. The van der Waals surface area contributed by atoms with Gasteiger partial charge >= 0.3 is 0 Å². The standard InChI is InChI=1S/C14H15ClN2O4S2/c1-21-6-13(18)16-14-17(10-4-2-3-9(15)5-10)11-7-23(19,20)8-12(11)22-14/h2-5,11-12H,6-8H2,1H3/t11-,12+/m0/s1. The molecule has 6 nitrogen and oxygen atoms in total. The van der Waals surface area contributed by atoms with Gasteiger partial charge < -0.3 is 9.64 Å². The molecule has 2 atom stereocenters. The van der Waals surface area contributed by atoms with E-state index in [0.717, 1.165) is 5.69 Å². The van der Waals surface area contributed by atoms with E-state index in [-0.39, 0.29) is 29.4 Å². The van der Waals surface area contributed by atoms with Gasteiger partial charge in [0.05, 0.1) is 17.5 Å². The number of ether oxygens (including phenoxy) is 1. The monoisotopic (exact) mass is 374 g/mol. The third-order valence-corrected chi connectivity index (χ3v) is 7.09. The highest BCUT2D eigenvalue weighted by Crippen LogP contribution is 2.41. The van der Waals surface area contributed by atoms with Crippen LogP contribution in [0.25, 0.3) is 0 Å². The minimum Gasteiger partial charge on any atom is -0.375 e. The fourth-order valence-electron chi connectivity index (χ4n) is 2.75. The van der Waals surface area contributed by atoms with Crippen molar-refractivity contribution in [3.63, 3.8) is 0 Å². The number of carbonyl (C=O) groups is 1. The van der Waals surface area contributed by atoms with Crippen LogP contribution in [0.5, 0.6) is 0 Å². The number of aliphatic imine (C=N–C) groups is 1. The van der Waals surface area contributed by atoms with Crippen LogP contribution in [-0.2, 0) is 19.4 Å². The van der Waals surface area contributed by atoms with Crippen LogP contribution < -0.4 is 4.90 Å². The molecule has 0 N–H and O–H groups in total. The Balaban J connectivity index is 1.99. The van der Waals surface area contributed by atoms with Crippen molar-refractivity contribution in [1.82, 2.24) is 0 Å².